The van der Waals surface area contributed by atoms with E-state index in [4.69, 9.17) is 4.74 Å². The van der Waals surface area contributed by atoms with Gasteiger partial charge in [0.25, 0.3) is 0 Å². The lowest BCUT2D eigenvalue weighted by Gasteiger charge is -1.99. The molecule has 0 aromatic carbocycles. The molecule has 0 saturated carbocycles. The van der Waals surface area contributed by atoms with Crippen molar-refractivity contribution in [2.24, 2.45) is 0 Å². The fourth-order valence-electron chi connectivity index (χ4n) is 0.946. The third-order valence-electron chi connectivity index (χ3n) is 1.62. The van der Waals surface area contributed by atoms with Crippen molar-refractivity contribution in [3.05, 3.63) is 24.0 Å². The Bertz CT molecular complexity index is 405. The van der Waals surface area contributed by atoms with Crippen LogP contribution in [0.3, 0.4) is 0 Å². The molecule has 1 rings (SSSR count). The van der Waals surface area contributed by atoms with Crippen LogP contribution >= 0.6 is 0 Å². The summed E-state index contributed by atoms with van der Waals surface area (Å²) in [6, 6.07) is 3.56. The van der Waals surface area contributed by atoms with Crippen molar-refractivity contribution >= 4 is 5.91 Å². The van der Waals surface area contributed by atoms with E-state index in [1.165, 1.54) is 6.92 Å². The Labute approximate surface area is 88.7 Å². The van der Waals surface area contributed by atoms with Gasteiger partial charge >= 0.3 is 0 Å². The zero-order valence-corrected chi connectivity index (χ0v) is 8.70. The molecule has 1 N–H and O–H groups in total. The maximum atomic E-state index is 10.6. The summed E-state index contributed by atoms with van der Waals surface area (Å²) in [5.74, 6) is 6.13. The molecular weight excluding hydrogens is 192 g/mol. The summed E-state index contributed by atoms with van der Waals surface area (Å²) in [5, 5.41) is 2.57. The molecule has 0 aliphatic heterocycles. The van der Waals surface area contributed by atoms with Crippen LogP contribution in [0.15, 0.2) is 18.3 Å². The van der Waals surface area contributed by atoms with Gasteiger partial charge in [-0.15, -0.1) is 0 Å². The van der Waals surface area contributed by atoms with Crippen molar-refractivity contribution in [1.82, 2.24) is 10.3 Å². The number of pyridine rings is 1. The fourth-order valence-corrected chi connectivity index (χ4v) is 0.946. The van der Waals surface area contributed by atoms with Crippen LogP contribution in [0.5, 0.6) is 5.75 Å². The van der Waals surface area contributed by atoms with Gasteiger partial charge in [-0.25, -0.2) is 4.98 Å². The molecule has 1 amide bonds. The summed E-state index contributed by atoms with van der Waals surface area (Å²) in [6.07, 6.45) is 1.64. The van der Waals surface area contributed by atoms with Crippen LogP contribution in [0, 0.1) is 11.8 Å². The van der Waals surface area contributed by atoms with Crippen LogP contribution < -0.4 is 10.1 Å². The van der Waals surface area contributed by atoms with Crippen molar-refractivity contribution in [3.63, 3.8) is 0 Å². The summed E-state index contributed by atoms with van der Waals surface area (Å²) in [7, 11) is 1.57. The van der Waals surface area contributed by atoms with Gasteiger partial charge < -0.3 is 10.1 Å². The van der Waals surface area contributed by atoms with E-state index >= 15 is 0 Å². The van der Waals surface area contributed by atoms with E-state index in [9.17, 15) is 4.79 Å². The topological polar surface area (TPSA) is 51.2 Å². The number of nitrogens with zero attached hydrogens (tertiary/aromatic N) is 1. The molecule has 0 fully saturated rings. The molecule has 0 aliphatic rings. The van der Waals surface area contributed by atoms with Gasteiger partial charge in [0.05, 0.1) is 13.7 Å². The summed E-state index contributed by atoms with van der Waals surface area (Å²) < 4.78 is 5.07. The Kier molecular flexibility index (Phi) is 4.17. The number of amides is 1. The average Bonchev–Trinajstić information content (AvgIpc) is 2.24. The van der Waals surface area contributed by atoms with E-state index in [0.29, 0.717) is 18.0 Å². The average molecular weight is 204 g/mol. The van der Waals surface area contributed by atoms with Crippen LogP contribution in [-0.4, -0.2) is 24.5 Å². The molecule has 0 unspecified atom stereocenters. The van der Waals surface area contributed by atoms with E-state index in [0.717, 1.165) is 0 Å². The number of carbonyl (C=O) groups is 1. The second kappa shape index (κ2) is 5.66. The number of ether oxygens (including phenoxy) is 1. The van der Waals surface area contributed by atoms with Crippen molar-refractivity contribution in [1.29, 1.82) is 0 Å². The van der Waals surface area contributed by atoms with Crippen molar-refractivity contribution < 1.29 is 9.53 Å². The Morgan fingerprint density at radius 3 is 3.13 bits per heavy atom. The van der Waals surface area contributed by atoms with Crippen LogP contribution in [0.1, 0.15) is 12.6 Å². The monoisotopic (exact) mass is 204 g/mol. The van der Waals surface area contributed by atoms with E-state index < -0.39 is 0 Å². The highest BCUT2D eigenvalue weighted by Crippen LogP contribution is 2.12. The largest absolute Gasteiger partial charge is 0.494 e. The van der Waals surface area contributed by atoms with Gasteiger partial charge in [0.2, 0.25) is 5.91 Å². The Hall–Kier alpha value is -2.02. The molecule has 1 aromatic heterocycles. The van der Waals surface area contributed by atoms with Crippen LogP contribution in [0.25, 0.3) is 0 Å². The predicted molar refractivity (Wildman–Crippen MR) is 56.4 cm³/mol. The van der Waals surface area contributed by atoms with E-state index in [-0.39, 0.29) is 5.91 Å². The molecule has 4 heteroatoms. The number of hydrogen-bond donors (Lipinski definition) is 1. The molecule has 0 atom stereocenters. The molecule has 78 valence electrons. The highest BCUT2D eigenvalue weighted by molar-refractivity contribution is 5.73. The van der Waals surface area contributed by atoms with E-state index in [1.54, 1.807) is 25.4 Å². The van der Waals surface area contributed by atoms with Crippen molar-refractivity contribution in [2.45, 2.75) is 6.92 Å². The number of hydrogen-bond acceptors (Lipinski definition) is 3. The Morgan fingerprint density at radius 1 is 1.67 bits per heavy atom. The number of rotatable bonds is 2. The maximum absolute atomic E-state index is 10.6. The first-order chi connectivity index (χ1) is 7.24. The summed E-state index contributed by atoms with van der Waals surface area (Å²) in [6.45, 7) is 1.76. The van der Waals surface area contributed by atoms with Gasteiger partial charge in [-0.2, -0.15) is 0 Å². The molecule has 0 saturated heterocycles. The van der Waals surface area contributed by atoms with Crippen molar-refractivity contribution in [3.8, 4) is 17.6 Å². The van der Waals surface area contributed by atoms with Gasteiger partial charge in [-0.3, -0.25) is 4.79 Å². The number of carbonyl (C=O) groups excluding carboxylic acids is 1. The third kappa shape index (κ3) is 3.69. The molecule has 0 aliphatic carbocycles. The standard InChI is InChI=1S/C11H12N2O2/c1-9(14)12-7-3-5-10-11(15-2)6-4-8-13-10/h4,6,8H,7H2,1-2H3,(H,12,14). The number of aromatic nitrogens is 1. The molecule has 1 aromatic rings. The zero-order valence-electron chi connectivity index (χ0n) is 8.70. The predicted octanol–water partition coefficient (Wildman–Crippen LogP) is 0.578. The van der Waals surface area contributed by atoms with Gasteiger partial charge in [0.15, 0.2) is 11.4 Å². The highest BCUT2D eigenvalue weighted by Gasteiger charge is 1.97. The van der Waals surface area contributed by atoms with Gasteiger partial charge in [0, 0.05) is 13.1 Å². The minimum Gasteiger partial charge on any atom is -0.494 e. The van der Waals surface area contributed by atoms with Crippen LogP contribution in [0.4, 0.5) is 0 Å². The van der Waals surface area contributed by atoms with E-state index in [2.05, 4.69) is 22.1 Å². The lowest BCUT2D eigenvalue weighted by atomic mass is 10.3. The first kappa shape index (κ1) is 11.1. The quantitative estimate of drug-likeness (QED) is 0.717. The fraction of sp³-hybridized carbons (Fsp3) is 0.273. The lowest BCUT2D eigenvalue weighted by molar-refractivity contribution is -0.118. The lowest BCUT2D eigenvalue weighted by Crippen LogP contribution is -2.19. The molecule has 0 spiro atoms. The minimum atomic E-state index is -0.0997. The molecule has 0 bridgehead atoms. The third-order valence-corrected chi connectivity index (χ3v) is 1.62. The number of methoxy groups -OCH3 is 1. The summed E-state index contributed by atoms with van der Waals surface area (Å²) >= 11 is 0. The number of nitrogens with one attached hydrogen (secondary N) is 1. The van der Waals surface area contributed by atoms with Gasteiger partial charge in [-0.1, -0.05) is 5.92 Å². The Morgan fingerprint density at radius 2 is 2.47 bits per heavy atom. The summed E-state index contributed by atoms with van der Waals surface area (Å²) in [5.41, 5.74) is 0.574. The first-order valence-electron chi connectivity index (χ1n) is 4.46. The van der Waals surface area contributed by atoms with Crippen LogP contribution in [0.2, 0.25) is 0 Å². The first-order valence-corrected chi connectivity index (χ1v) is 4.46. The Balaban J connectivity index is 2.66. The second-order valence-electron chi connectivity index (χ2n) is 2.77. The SMILES string of the molecule is COc1cccnc1C#CCNC(C)=O. The molecule has 0 radical (unpaired) electrons. The second-order valence-corrected chi connectivity index (χ2v) is 2.77. The normalized spacial score (nSPS) is 8.67. The summed E-state index contributed by atoms with van der Waals surface area (Å²) in [4.78, 5) is 14.6. The van der Waals surface area contributed by atoms with Crippen molar-refractivity contribution in [2.75, 3.05) is 13.7 Å². The van der Waals surface area contributed by atoms with Crippen LogP contribution in [-0.2, 0) is 4.79 Å². The van der Waals surface area contributed by atoms with E-state index in [1.807, 2.05) is 0 Å². The van der Waals surface area contributed by atoms with Gasteiger partial charge in [0.1, 0.15) is 0 Å². The molecule has 4 nitrogen and oxygen atoms in total. The molecular formula is C11H12N2O2. The molecule has 1 heterocycles. The van der Waals surface area contributed by atoms with Gasteiger partial charge in [-0.05, 0) is 18.1 Å². The smallest absolute Gasteiger partial charge is 0.217 e. The maximum Gasteiger partial charge on any atom is 0.217 e. The minimum absolute atomic E-state index is 0.0997. The highest BCUT2D eigenvalue weighted by atomic mass is 16.5. The molecule has 15 heavy (non-hydrogen) atoms. The zero-order chi connectivity index (χ0) is 11.1.